The van der Waals surface area contributed by atoms with Gasteiger partial charge in [0.2, 0.25) is 0 Å². The van der Waals surface area contributed by atoms with Crippen LogP contribution >= 0.6 is 11.3 Å². The number of carbonyl (C=O) groups is 1. The molecule has 4 aromatic rings. The molecule has 0 fully saturated rings. The summed E-state index contributed by atoms with van der Waals surface area (Å²) in [6.45, 7) is 1.05. The van der Waals surface area contributed by atoms with Crippen LogP contribution in [0.5, 0.6) is 11.5 Å². The van der Waals surface area contributed by atoms with E-state index in [1.807, 2.05) is 13.8 Å². The highest BCUT2D eigenvalue weighted by atomic mass is 32.1. The number of methoxy groups -OCH3 is 1. The SMILES string of the molecule is COc1cc(CN(C)C(=O)c2sc3nc(-c4ccco4)nc(C)c3c2C)ccc1OC(F)F. The number of aryl methyl sites for hydroxylation is 2. The van der Waals surface area contributed by atoms with Gasteiger partial charge >= 0.3 is 6.61 Å². The van der Waals surface area contributed by atoms with Gasteiger partial charge in [-0.05, 0) is 49.2 Å². The second-order valence-electron chi connectivity index (χ2n) is 7.37. The van der Waals surface area contributed by atoms with Crippen molar-refractivity contribution in [2.45, 2.75) is 27.0 Å². The number of aromatic nitrogens is 2. The summed E-state index contributed by atoms with van der Waals surface area (Å²) in [5, 5.41) is 0.849. The number of hydrogen-bond acceptors (Lipinski definition) is 7. The van der Waals surface area contributed by atoms with Crippen LogP contribution in [0.25, 0.3) is 21.8 Å². The van der Waals surface area contributed by atoms with Gasteiger partial charge in [-0.25, -0.2) is 9.97 Å². The smallest absolute Gasteiger partial charge is 0.387 e. The summed E-state index contributed by atoms with van der Waals surface area (Å²) in [6, 6.07) is 8.14. The Bertz CT molecular complexity index is 1310. The highest BCUT2D eigenvalue weighted by Gasteiger charge is 2.23. The van der Waals surface area contributed by atoms with E-state index >= 15 is 0 Å². The Morgan fingerprint density at radius 1 is 1.21 bits per heavy atom. The highest BCUT2D eigenvalue weighted by Crippen LogP contribution is 2.34. The second kappa shape index (κ2) is 9.14. The minimum Gasteiger partial charge on any atom is -0.493 e. The van der Waals surface area contributed by atoms with E-state index in [2.05, 4.69) is 14.7 Å². The predicted molar refractivity (Wildman–Crippen MR) is 120 cm³/mol. The fourth-order valence-corrected chi connectivity index (χ4v) is 4.81. The van der Waals surface area contributed by atoms with Crippen LogP contribution in [0.1, 0.15) is 26.5 Å². The molecule has 0 aliphatic rings. The normalized spacial score (nSPS) is 11.2. The van der Waals surface area contributed by atoms with Crippen LogP contribution in [0.3, 0.4) is 0 Å². The Morgan fingerprint density at radius 2 is 2.00 bits per heavy atom. The molecule has 3 aromatic heterocycles. The lowest BCUT2D eigenvalue weighted by Gasteiger charge is -2.18. The quantitative estimate of drug-likeness (QED) is 0.355. The average Bonchev–Trinajstić information content (AvgIpc) is 3.42. The van der Waals surface area contributed by atoms with E-state index in [1.54, 1.807) is 42.5 Å². The first-order valence-electron chi connectivity index (χ1n) is 9.97. The molecule has 0 unspecified atom stereocenters. The molecule has 0 saturated carbocycles. The molecular weight excluding hydrogens is 452 g/mol. The molecule has 33 heavy (non-hydrogen) atoms. The van der Waals surface area contributed by atoms with Gasteiger partial charge in [0, 0.05) is 19.0 Å². The fourth-order valence-electron chi connectivity index (χ4n) is 3.58. The highest BCUT2D eigenvalue weighted by molar-refractivity contribution is 7.20. The standard InChI is InChI=1S/C23H21F2N3O4S/c1-12-18-13(2)26-20(16-6-5-9-31-16)27-21(18)33-19(12)22(29)28(3)11-14-7-8-15(32-23(24)25)17(10-14)30-4/h5-10,23H,11H2,1-4H3. The number of hydrogen-bond donors (Lipinski definition) is 0. The summed E-state index contributed by atoms with van der Waals surface area (Å²) >= 11 is 1.30. The van der Waals surface area contributed by atoms with Crippen molar-refractivity contribution < 1.29 is 27.5 Å². The summed E-state index contributed by atoms with van der Waals surface area (Å²) in [6.07, 6.45) is 1.56. The van der Waals surface area contributed by atoms with Crippen LogP contribution < -0.4 is 9.47 Å². The lowest BCUT2D eigenvalue weighted by molar-refractivity contribution is -0.0512. The molecule has 0 saturated heterocycles. The maximum absolute atomic E-state index is 13.2. The molecule has 1 aromatic carbocycles. The molecule has 0 N–H and O–H groups in total. The van der Waals surface area contributed by atoms with E-state index in [0.29, 0.717) is 26.9 Å². The summed E-state index contributed by atoms with van der Waals surface area (Å²) in [5.41, 5.74) is 2.29. The molecule has 0 aliphatic carbocycles. The Balaban J connectivity index is 1.60. The lowest BCUT2D eigenvalue weighted by atomic mass is 10.1. The Kier molecular flexibility index (Phi) is 6.28. The topological polar surface area (TPSA) is 77.7 Å². The Hall–Kier alpha value is -3.53. The van der Waals surface area contributed by atoms with Crippen molar-refractivity contribution in [3.05, 3.63) is 58.3 Å². The minimum absolute atomic E-state index is 0.0630. The monoisotopic (exact) mass is 473 g/mol. The Labute approximate surface area is 192 Å². The molecular formula is C23H21F2N3O4S. The molecule has 0 aliphatic heterocycles. The number of nitrogens with zero attached hydrogens (tertiary/aromatic N) is 3. The van der Waals surface area contributed by atoms with Gasteiger partial charge in [0.05, 0.1) is 23.9 Å². The van der Waals surface area contributed by atoms with Gasteiger partial charge in [-0.2, -0.15) is 8.78 Å². The summed E-state index contributed by atoms with van der Waals surface area (Å²) in [5.74, 6) is 0.956. The van der Waals surface area contributed by atoms with Crippen LogP contribution in [0.4, 0.5) is 8.78 Å². The molecule has 1 amide bonds. The molecule has 10 heteroatoms. The summed E-state index contributed by atoms with van der Waals surface area (Å²) in [4.78, 5) is 25.2. The molecule has 172 valence electrons. The van der Waals surface area contributed by atoms with Gasteiger partial charge < -0.3 is 18.8 Å². The van der Waals surface area contributed by atoms with Crippen molar-refractivity contribution in [1.29, 1.82) is 0 Å². The molecule has 0 bridgehead atoms. The number of rotatable bonds is 7. The first-order valence-corrected chi connectivity index (χ1v) is 10.8. The number of carbonyl (C=O) groups excluding carboxylic acids is 1. The molecule has 4 rings (SSSR count). The number of amides is 1. The third-order valence-corrected chi connectivity index (χ3v) is 6.29. The van der Waals surface area contributed by atoms with Crippen LogP contribution in [-0.4, -0.2) is 41.5 Å². The number of thiophene rings is 1. The zero-order valence-corrected chi connectivity index (χ0v) is 19.2. The third-order valence-electron chi connectivity index (χ3n) is 5.12. The largest absolute Gasteiger partial charge is 0.493 e. The fraction of sp³-hybridized carbons (Fsp3) is 0.261. The molecule has 7 nitrogen and oxygen atoms in total. The zero-order chi connectivity index (χ0) is 23.7. The van der Waals surface area contributed by atoms with Crippen LogP contribution in [0, 0.1) is 13.8 Å². The van der Waals surface area contributed by atoms with Gasteiger partial charge in [-0.3, -0.25) is 4.79 Å². The van der Waals surface area contributed by atoms with Crippen molar-refractivity contribution in [1.82, 2.24) is 14.9 Å². The second-order valence-corrected chi connectivity index (χ2v) is 8.37. The number of ether oxygens (including phenoxy) is 2. The van der Waals surface area contributed by atoms with Crippen LogP contribution in [0.2, 0.25) is 0 Å². The van der Waals surface area contributed by atoms with E-state index in [0.717, 1.165) is 16.6 Å². The number of alkyl halides is 2. The van der Waals surface area contributed by atoms with Gasteiger partial charge in [-0.1, -0.05) is 6.07 Å². The van der Waals surface area contributed by atoms with E-state index in [9.17, 15) is 13.6 Å². The zero-order valence-electron chi connectivity index (χ0n) is 18.4. The van der Waals surface area contributed by atoms with Crippen molar-refractivity contribution in [3.63, 3.8) is 0 Å². The van der Waals surface area contributed by atoms with E-state index in [-0.39, 0.29) is 24.0 Å². The van der Waals surface area contributed by atoms with Crippen molar-refractivity contribution in [3.8, 4) is 23.1 Å². The Morgan fingerprint density at radius 3 is 2.67 bits per heavy atom. The molecule has 0 atom stereocenters. The predicted octanol–water partition coefficient (Wildman–Crippen LogP) is 5.45. The van der Waals surface area contributed by atoms with E-state index in [1.165, 1.54) is 24.5 Å². The van der Waals surface area contributed by atoms with Gasteiger partial charge in [0.25, 0.3) is 5.91 Å². The van der Waals surface area contributed by atoms with Crippen molar-refractivity contribution in [2.24, 2.45) is 0 Å². The van der Waals surface area contributed by atoms with Crippen molar-refractivity contribution in [2.75, 3.05) is 14.2 Å². The summed E-state index contributed by atoms with van der Waals surface area (Å²) < 4.78 is 40.1. The molecule has 3 heterocycles. The van der Waals surface area contributed by atoms with Crippen LogP contribution in [0.15, 0.2) is 41.0 Å². The van der Waals surface area contributed by atoms with Gasteiger partial charge in [0.1, 0.15) is 4.83 Å². The van der Waals surface area contributed by atoms with Crippen molar-refractivity contribution >= 4 is 27.5 Å². The maximum atomic E-state index is 13.2. The maximum Gasteiger partial charge on any atom is 0.387 e. The number of halogens is 2. The van der Waals surface area contributed by atoms with Gasteiger partial charge in [-0.15, -0.1) is 11.3 Å². The number of benzene rings is 1. The number of fused-ring (bicyclic) bond motifs is 1. The first kappa shape index (κ1) is 22.7. The lowest BCUT2D eigenvalue weighted by Crippen LogP contribution is -2.26. The average molecular weight is 474 g/mol. The molecule has 0 spiro atoms. The number of furan rings is 1. The van der Waals surface area contributed by atoms with E-state index in [4.69, 9.17) is 9.15 Å². The first-order chi connectivity index (χ1) is 15.8. The molecule has 0 radical (unpaired) electrons. The minimum atomic E-state index is -2.95. The summed E-state index contributed by atoms with van der Waals surface area (Å²) in [7, 11) is 3.04. The van der Waals surface area contributed by atoms with Gasteiger partial charge in [0.15, 0.2) is 23.1 Å². The van der Waals surface area contributed by atoms with Crippen LogP contribution in [-0.2, 0) is 6.54 Å². The van der Waals surface area contributed by atoms with E-state index < -0.39 is 6.61 Å². The third kappa shape index (κ3) is 4.51.